The maximum atomic E-state index is 4.33. The lowest BCUT2D eigenvalue weighted by atomic mass is 9.84. The van der Waals surface area contributed by atoms with Gasteiger partial charge in [-0.1, -0.05) is 12.1 Å². The summed E-state index contributed by atoms with van der Waals surface area (Å²) < 4.78 is 4.66. The molecule has 116 valence electrons. The number of fused-ring (bicyclic) bond motifs is 3. The molecule has 1 aliphatic carbocycles. The van der Waals surface area contributed by atoms with Crippen LogP contribution in [-0.4, -0.2) is 14.1 Å². The Bertz CT molecular complexity index is 926. The highest BCUT2D eigenvalue weighted by Gasteiger charge is 2.28. The van der Waals surface area contributed by atoms with E-state index in [1.165, 1.54) is 42.1 Å². The summed E-state index contributed by atoms with van der Waals surface area (Å²) in [4.78, 5) is 4.33. The first-order valence-electron chi connectivity index (χ1n) is 8.61. The van der Waals surface area contributed by atoms with Gasteiger partial charge in [0.15, 0.2) is 0 Å². The fourth-order valence-corrected chi connectivity index (χ4v) is 4.40. The summed E-state index contributed by atoms with van der Waals surface area (Å²) in [5, 5.41) is 1.46. The van der Waals surface area contributed by atoms with Crippen LogP contribution < -0.4 is 0 Å². The van der Waals surface area contributed by atoms with Crippen molar-refractivity contribution in [1.29, 1.82) is 0 Å². The highest BCUT2D eigenvalue weighted by molar-refractivity contribution is 5.89. The number of hydrogen-bond acceptors (Lipinski definition) is 1. The minimum atomic E-state index is 0.732. The van der Waals surface area contributed by atoms with E-state index < -0.39 is 0 Å². The minimum absolute atomic E-state index is 0.732. The molecule has 0 N–H and O–H groups in total. The van der Waals surface area contributed by atoms with Gasteiger partial charge < -0.3 is 9.13 Å². The Morgan fingerprint density at radius 1 is 1.30 bits per heavy atom. The van der Waals surface area contributed by atoms with Crippen LogP contribution in [0.3, 0.4) is 0 Å². The van der Waals surface area contributed by atoms with Crippen molar-refractivity contribution in [3.63, 3.8) is 0 Å². The third-order valence-electron chi connectivity index (χ3n) is 5.53. The van der Waals surface area contributed by atoms with E-state index >= 15 is 0 Å². The lowest BCUT2D eigenvalue weighted by Crippen LogP contribution is -2.14. The summed E-state index contributed by atoms with van der Waals surface area (Å²) in [5.41, 5.74) is 5.93. The van der Waals surface area contributed by atoms with Crippen LogP contribution in [0.2, 0.25) is 0 Å². The number of imidazole rings is 1. The summed E-state index contributed by atoms with van der Waals surface area (Å²) in [6.07, 6.45) is 13.7. The van der Waals surface area contributed by atoms with E-state index in [1.807, 2.05) is 6.20 Å². The molecule has 0 fully saturated rings. The van der Waals surface area contributed by atoms with E-state index in [-0.39, 0.29) is 0 Å². The van der Waals surface area contributed by atoms with Crippen LogP contribution in [0.1, 0.15) is 47.8 Å². The third-order valence-corrected chi connectivity index (χ3v) is 5.53. The quantitative estimate of drug-likeness (QED) is 0.684. The molecule has 0 saturated heterocycles. The van der Waals surface area contributed by atoms with Gasteiger partial charge in [-0.25, -0.2) is 4.98 Å². The predicted octanol–water partition coefficient (Wildman–Crippen LogP) is 4.49. The molecule has 3 heterocycles. The molecular weight excluding hydrogens is 282 g/mol. The monoisotopic (exact) mass is 303 g/mol. The van der Waals surface area contributed by atoms with Crippen LogP contribution in [0.25, 0.3) is 17.1 Å². The Kier molecular flexibility index (Phi) is 2.78. The van der Waals surface area contributed by atoms with E-state index in [9.17, 15) is 0 Å². The molecule has 1 atom stereocenters. The van der Waals surface area contributed by atoms with Crippen LogP contribution >= 0.6 is 0 Å². The van der Waals surface area contributed by atoms with Crippen LogP contribution in [0, 0.1) is 6.92 Å². The van der Waals surface area contributed by atoms with Gasteiger partial charge in [-0.2, -0.15) is 0 Å². The van der Waals surface area contributed by atoms with Crippen molar-refractivity contribution < 1.29 is 0 Å². The first kappa shape index (κ1) is 13.2. The van der Waals surface area contributed by atoms with Crippen LogP contribution in [-0.2, 0) is 13.0 Å². The summed E-state index contributed by atoms with van der Waals surface area (Å²) >= 11 is 0. The molecule has 0 amide bonds. The second-order valence-corrected chi connectivity index (χ2v) is 6.90. The Morgan fingerprint density at radius 2 is 2.26 bits per heavy atom. The van der Waals surface area contributed by atoms with E-state index in [4.69, 9.17) is 0 Å². The fourth-order valence-electron chi connectivity index (χ4n) is 4.40. The Morgan fingerprint density at radius 3 is 3.13 bits per heavy atom. The number of hydrogen-bond donors (Lipinski definition) is 0. The molecule has 0 spiro atoms. The van der Waals surface area contributed by atoms with Gasteiger partial charge in [0.05, 0.1) is 5.52 Å². The lowest BCUT2D eigenvalue weighted by molar-refractivity contribution is 0.535. The van der Waals surface area contributed by atoms with Crippen molar-refractivity contribution in [3.8, 4) is 0 Å². The number of nitrogens with zero attached hydrogens (tertiary/aromatic N) is 3. The smallest absolute Gasteiger partial charge is 0.105 e. The van der Waals surface area contributed by atoms with Gasteiger partial charge in [-0.3, -0.25) is 0 Å². The molecule has 0 bridgehead atoms. The average Bonchev–Trinajstić information content (AvgIpc) is 3.12. The number of aromatic nitrogens is 3. The lowest BCUT2D eigenvalue weighted by Gasteiger charge is -2.26. The summed E-state index contributed by atoms with van der Waals surface area (Å²) in [5.74, 6) is 1.81. The van der Waals surface area contributed by atoms with Gasteiger partial charge in [-0.05, 0) is 55.9 Å². The van der Waals surface area contributed by atoms with Crippen LogP contribution in [0.15, 0.2) is 36.7 Å². The van der Waals surface area contributed by atoms with Crippen LogP contribution in [0.4, 0.5) is 0 Å². The molecule has 0 saturated carbocycles. The van der Waals surface area contributed by atoms with Gasteiger partial charge in [0.25, 0.3) is 0 Å². The number of aryl methyl sites for hydroxylation is 2. The molecule has 3 aromatic rings. The SMILES string of the molecule is Cc1nccn1Cc1ccc2c(c1)c1c3n2C=CCC3CCC1. The Balaban J connectivity index is 1.66. The van der Waals surface area contributed by atoms with E-state index in [1.54, 1.807) is 11.3 Å². The number of rotatable bonds is 2. The van der Waals surface area contributed by atoms with Gasteiger partial charge >= 0.3 is 0 Å². The van der Waals surface area contributed by atoms with E-state index in [2.05, 4.69) is 57.7 Å². The van der Waals surface area contributed by atoms with Crippen molar-refractivity contribution in [2.75, 3.05) is 0 Å². The zero-order valence-electron chi connectivity index (χ0n) is 13.5. The highest BCUT2D eigenvalue weighted by atomic mass is 15.0. The molecule has 23 heavy (non-hydrogen) atoms. The predicted molar refractivity (Wildman–Crippen MR) is 93.6 cm³/mol. The molecule has 1 aromatic carbocycles. The largest absolute Gasteiger partial charge is 0.331 e. The molecule has 3 heteroatoms. The second-order valence-electron chi connectivity index (χ2n) is 6.90. The summed E-state index contributed by atoms with van der Waals surface area (Å²) in [6, 6.07) is 6.99. The first-order chi connectivity index (χ1) is 11.3. The topological polar surface area (TPSA) is 22.8 Å². The molecule has 5 rings (SSSR count). The van der Waals surface area contributed by atoms with Crippen molar-refractivity contribution in [1.82, 2.24) is 14.1 Å². The van der Waals surface area contributed by atoms with Crippen molar-refractivity contribution >= 4 is 17.1 Å². The standard InChI is InChI=1S/C20H21N3/c1-14-21-9-11-22(14)13-15-7-8-19-18(12-15)17-6-2-4-16-5-3-10-23(19)20(16)17/h3,7-12,16H,2,4-6,13H2,1H3. The van der Waals surface area contributed by atoms with Crippen molar-refractivity contribution in [2.24, 2.45) is 0 Å². The second kappa shape index (κ2) is 4.85. The van der Waals surface area contributed by atoms with E-state index in [0.717, 1.165) is 18.3 Å². The van der Waals surface area contributed by atoms with E-state index in [0.29, 0.717) is 0 Å². The highest BCUT2D eigenvalue weighted by Crippen LogP contribution is 2.42. The van der Waals surface area contributed by atoms with Crippen molar-refractivity contribution in [3.05, 3.63) is 59.3 Å². The normalized spacial score (nSPS) is 19.3. The molecular formula is C20H21N3. The first-order valence-corrected chi connectivity index (χ1v) is 8.61. The molecule has 2 aliphatic rings. The molecule has 0 radical (unpaired) electrons. The number of benzene rings is 1. The van der Waals surface area contributed by atoms with Gasteiger partial charge in [0.1, 0.15) is 5.82 Å². The maximum Gasteiger partial charge on any atom is 0.105 e. The summed E-state index contributed by atoms with van der Waals surface area (Å²) in [7, 11) is 0. The fraction of sp³-hybridized carbons (Fsp3) is 0.350. The molecule has 1 aliphatic heterocycles. The summed E-state index contributed by atoms with van der Waals surface area (Å²) in [6.45, 7) is 2.97. The number of allylic oxidation sites excluding steroid dienone is 1. The van der Waals surface area contributed by atoms with Gasteiger partial charge in [0.2, 0.25) is 0 Å². The molecule has 1 unspecified atom stereocenters. The Labute approximate surface area is 136 Å². The van der Waals surface area contributed by atoms with Gasteiger partial charge in [0, 0.05) is 42.1 Å². The maximum absolute atomic E-state index is 4.33. The average molecular weight is 303 g/mol. The van der Waals surface area contributed by atoms with Crippen LogP contribution in [0.5, 0.6) is 0 Å². The zero-order chi connectivity index (χ0) is 15.4. The van der Waals surface area contributed by atoms with Crippen molar-refractivity contribution in [2.45, 2.75) is 45.1 Å². The zero-order valence-corrected chi connectivity index (χ0v) is 13.5. The molecule has 2 aromatic heterocycles. The molecule has 3 nitrogen and oxygen atoms in total. The third kappa shape index (κ3) is 1.92. The van der Waals surface area contributed by atoms with Gasteiger partial charge in [-0.15, -0.1) is 0 Å². The minimum Gasteiger partial charge on any atom is -0.331 e. The Hall–Kier alpha value is -2.29.